The van der Waals surface area contributed by atoms with Gasteiger partial charge in [-0.1, -0.05) is 32.9 Å². The number of imidazole rings is 1. The summed E-state index contributed by atoms with van der Waals surface area (Å²) < 4.78 is 0. The Morgan fingerprint density at radius 1 is 0.857 bits per heavy atom. The van der Waals surface area contributed by atoms with Gasteiger partial charge in [-0.25, -0.2) is 9.97 Å². The number of hydrogen-bond acceptors (Lipinski definition) is 2. The number of fused-ring (bicyclic) bond motifs is 1. The predicted octanol–water partition coefficient (Wildman–Crippen LogP) is 2.88. The van der Waals surface area contributed by atoms with Gasteiger partial charge < -0.3 is 0 Å². The fraction of sp³-hybridized carbons (Fsp3) is 0.333. The third kappa shape index (κ3) is 1.60. The number of hydrogen-bond donors (Lipinski definition) is 0. The quantitative estimate of drug-likeness (QED) is 0.632. The summed E-state index contributed by atoms with van der Waals surface area (Å²) in [6.07, 6.45) is 1.60. The highest BCUT2D eigenvalue weighted by atomic mass is 14.9. The maximum absolute atomic E-state index is 4.17. The smallest absolute Gasteiger partial charge is 0.116 e. The minimum absolute atomic E-state index is 0.177. The van der Waals surface area contributed by atoms with Crippen LogP contribution in [0.1, 0.15) is 26.3 Å². The van der Waals surface area contributed by atoms with Crippen LogP contribution in [0.25, 0.3) is 11.4 Å². The summed E-state index contributed by atoms with van der Waals surface area (Å²) in [5, 5.41) is 0. The molecule has 2 aliphatic rings. The average molecular weight is 186 g/mol. The molecule has 0 saturated heterocycles. The minimum atomic E-state index is 0.177. The van der Waals surface area contributed by atoms with Crippen molar-refractivity contribution in [2.75, 3.05) is 0 Å². The molecule has 0 fully saturated rings. The molecule has 0 atom stereocenters. The maximum Gasteiger partial charge on any atom is 0.116 e. The van der Waals surface area contributed by atoms with E-state index in [9.17, 15) is 0 Å². The summed E-state index contributed by atoms with van der Waals surface area (Å²) in [6.45, 7) is 6.61. The molecule has 0 aromatic carbocycles. The standard InChI is InChI=1S/C12H14N2/c1-12(2,3)9-4-6-10-11(7-5-9)14-8-13-10/h4-8H,1-3H3. The van der Waals surface area contributed by atoms with E-state index in [2.05, 4.69) is 42.9 Å². The highest BCUT2D eigenvalue weighted by molar-refractivity contribution is 5.55. The molecule has 1 aliphatic heterocycles. The van der Waals surface area contributed by atoms with Crippen LogP contribution in [0.2, 0.25) is 0 Å². The molecule has 2 rings (SSSR count). The van der Waals surface area contributed by atoms with E-state index in [0.29, 0.717) is 0 Å². The van der Waals surface area contributed by atoms with Gasteiger partial charge in [0.15, 0.2) is 0 Å². The zero-order chi connectivity index (χ0) is 10.2. The molecule has 0 radical (unpaired) electrons. The lowest BCUT2D eigenvalue weighted by Gasteiger charge is -2.17. The molecule has 1 aliphatic carbocycles. The molecular formula is C12H14N2. The van der Waals surface area contributed by atoms with Gasteiger partial charge in [0.05, 0.1) is 11.4 Å². The Labute approximate surface area is 84.4 Å². The highest BCUT2D eigenvalue weighted by Crippen LogP contribution is 2.24. The van der Waals surface area contributed by atoms with Crippen LogP contribution >= 0.6 is 0 Å². The second kappa shape index (κ2) is 3.05. The van der Waals surface area contributed by atoms with Crippen LogP contribution in [-0.2, 0) is 5.41 Å². The molecule has 2 nitrogen and oxygen atoms in total. The summed E-state index contributed by atoms with van der Waals surface area (Å²) >= 11 is 0. The van der Waals surface area contributed by atoms with Gasteiger partial charge in [-0.3, -0.25) is 0 Å². The zero-order valence-electron chi connectivity index (χ0n) is 8.78. The van der Waals surface area contributed by atoms with Crippen LogP contribution in [0, 0.1) is 0 Å². The summed E-state index contributed by atoms with van der Waals surface area (Å²) in [5.74, 6) is 0. The predicted molar refractivity (Wildman–Crippen MR) is 57.4 cm³/mol. The number of nitrogens with zero attached hydrogens (tertiary/aromatic N) is 2. The van der Waals surface area contributed by atoms with E-state index < -0.39 is 0 Å². The SMILES string of the molecule is CC(C)(C)c1ccc2ncnc-2cc1. The van der Waals surface area contributed by atoms with E-state index in [1.54, 1.807) is 6.33 Å². The largest absolute Gasteiger partial charge is 0.235 e. The normalized spacial score (nSPS) is 11.9. The molecule has 14 heavy (non-hydrogen) atoms. The Balaban J connectivity index is 2.57. The van der Waals surface area contributed by atoms with Crippen molar-refractivity contribution in [1.82, 2.24) is 9.97 Å². The molecule has 72 valence electrons. The molecule has 0 saturated carbocycles. The van der Waals surface area contributed by atoms with Crippen molar-refractivity contribution >= 4 is 0 Å². The molecule has 0 amide bonds. The first-order chi connectivity index (χ1) is 6.57. The van der Waals surface area contributed by atoms with Crippen molar-refractivity contribution in [2.24, 2.45) is 0 Å². The van der Waals surface area contributed by atoms with E-state index >= 15 is 0 Å². The molecule has 0 bridgehead atoms. The summed E-state index contributed by atoms with van der Waals surface area (Å²) in [6, 6.07) is 8.31. The molecule has 0 aromatic rings. The Morgan fingerprint density at radius 3 is 1.79 bits per heavy atom. The number of rotatable bonds is 0. The van der Waals surface area contributed by atoms with Gasteiger partial charge in [0.25, 0.3) is 0 Å². The van der Waals surface area contributed by atoms with Gasteiger partial charge in [0.1, 0.15) is 6.33 Å². The van der Waals surface area contributed by atoms with Gasteiger partial charge in [-0.05, 0) is 23.1 Å². The molecule has 1 heterocycles. The first-order valence-corrected chi connectivity index (χ1v) is 4.78. The topological polar surface area (TPSA) is 25.8 Å². The Morgan fingerprint density at radius 2 is 1.36 bits per heavy atom. The fourth-order valence-corrected chi connectivity index (χ4v) is 1.44. The second-order valence-corrected chi connectivity index (χ2v) is 4.52. The van der Waals surface area contributed by atoms with Gasteiger partial charge >= 0.3 is 0 Å². The summed E-state index contributed by atoms with van der Waals surface area (Å²) in [7, 11) is 0. The van der Waals surface area contributed by atoms with Crippen LogP contribution < -0.4 is 0 Å². The van der Waals surface area contributed by atoms with E-state index in [-0.39, 0.29) is 5.41 Å². The lowest BCUT2D eigenvalue weighted by molar-refractivity contribution is 0.591. The third-order valence-electron chi connectivity index (χ3n) is 2.36. The van der Waals surface area contributed by atoms with Crippen molar-refractivity contribution < 1.29 is 0 Å². The Hall–Kier alpha value is -1.44. The molecule has 0 aromatic heterocycles. The van der Waals surface area contributed by atoms with Crippen molar-refractivity contribution in [3.63, 3.8) is 0 Å². The first kappa shape index (κ1) is 9.13. The molecule has 2 heteroatoms. The first-order valence-electron chi connectivity index (χ1n) is 4.78. The van der Waals surface area contributed by atoms with E-state index in [4.69, 9.17) is 0 Å². The summed E-state index contributed by atoms with van der Waals surface area (Å²) in [5.41, 5.74) is 3.40. The molecular weight excluding hydrogens is 172 g/mol. The van der Waals surface area contributed by atoms with Crippen LogP contribution in [0.4, 0.5) is 0 Å². The lowest BCUT2D eigenvalue weighted by atomic mass is 9.88. The monoisotopic (exact) mass is 186 g/mol. The molecule has 0 unspecified atom stereocenters. The van der Waals surface area contributed by atoms with Crippen molar-refractivity contribution in [1.29, 1.82) is 0 Å². The molecule has 0 N–H and O–H groups in total. The van der Waals surface area contributed by atoms with Crippen LogP contribution in [0.15, 0.2) is 30.6 Å². The zero-order valence-corrected chi connectivity index (χ0v) is 8.78. The van der Waals surface area contributed by atoms with Gasteiger partial charge in [-0.15, -0.1) is 0 Å². The highest BCUT2D eigenvalue weighted by Gasteiger charge is 2.13. The van der Waals surface area contributed by atoms with E-state index in [1.165, 1.54) is 5.56 Å². The van der Waals surface area contributed by atoms with E-state index in [0.717, 1.165) is 11.4 Å². The van der Waals surface area contributed by atoms with Gasteiger partial charge in [0.2, 0.25) is 0 Å². The van der Waals surface area contributed by atoms with Crippen molar-refractivity contribution in [2.45, 2.75) is 26.2 Å². The van der Waals surface area contributed by atoms with Gasteiger partial charge in [0, 0.05) is 0 Å². The maximum atomic E-state index is 4.17. The van der Waals surface area contributed by atoms with Crippen molar-refractivity contribution in [3.8, 4) is 11.4 Å². The second-order valence-electron chi connectivity index (χ2n) is 4.52. The van der Waals surface area contributed by atoms with Crippen LogP contribution in [0.3, 0.4) is 0 Å². The summed E-state index contributed by atoms with van der Waals surface area (Å²) in [4.78, 5) is 8.34. The van der Waals surface area contributed by atoms with Gasteiger partial charge in [-0.2, -0.15) is 0 Å². The van der Waals surface area contributed by atoms with Crippen molar-refractivity contribution in [3.05, 3.63) is 36.2 Å². The minimum Gasteiger partial charge on any atom is -0.235 e. The Kier molecular flexibility index (Phi) is 1.99. The van der Waals surface area contributed by atoms with Crippen LogP contribution in [-0.4, -0.2) is 9.97 Å². The van der Waals surface area contributed by atoms with Crippen LogP contribution in [0.5, 0.6) is 0 Å². The van der Waals surface area contributed by atoms with E-state index in [1.807, 2.05) is 12.1 Å². The number of aromatic nitrogens is 2. The Bertz CT molecular complexity index is 384. The fourth-order valence-electron chi connectivity index (χ4n) is 1.44. The lowest BCUT2D eigenvalue weighted by Crippen LogP contribution is -2.09. The third-order valence-corrected chi connectivity index (χ3v) is 2.36. The molecule has 0 spiro atoms. The average Bonchev–Trinajstić information content (AvgIpc) is 2.42.